The van der Waals surface area contributed by atoms with Crippen LogP contribution in [0.3, 0.4) is 0 Å². The van der Waals surface area contributed by atoms with Crippen LogP contribution in [0.4, 0.5) is 5.69 Å². The molecule has 0 aliphatic carbocycles. The summed E-state index contributed by atoms with van der Waals surface area (Å²) < 4.78 is 0. The molecule has 2 atom stereocenters. The zero-order chi connectivity index (χ0) is 13.4. The van der Waals surface area contributed by atoms with Crippen molar-refractivity contribution >= 4 is 11.5 Å². The number of hydrogen-bond acceptors (Lipinski definition) is 3. The molecule has 2 aliphatic rings. The van der Waals surface area contributed by atoms with Gasteiger partial charge in [0.25, 0.3) is 0 Å². The minimum absolute atomic E-state index is 0.164. The molecular formula is C16H22N2O. The fourth-order valence-corrected chi connectivity index (χ4v) is 3.54. The van der Waals surface area contributed by atoms with Crippen molar-refractivity contribution in [3.8, 4) is 0 Å². The quantitative estimate of drug-likeness (QED) is 0.762. The normalized spacial score (nSPS) is 27.4. The monoisotopic (exact) mass is 258 g/mol. The van der Waals surface area contributed by atoms with E-state index in [1.165, 1.54) is 19.4 Å². The van der Waals surface area contributed by atoms with Gasteiger partial charge in [0.15, 0.2) is 5.78 Å². The van der Waals surface area contributed by atoms with Gasteiger partial charge in [-0.3, -0.25) is 9.69 Å². The Morgan fingerprint density at radius 1 is 1.26 bits per heavy atom. The maximum atomic E-state index is 11.8. The number of fused-ring (bicyclic) bond motifs is 1. The van der Waals surface area contributed by atoms with Crippen LogP contribution in [0.15, 0.2) is 24.3 Å². The molecular weight excluding hydrogens is 236 g/mol. The van der Waals surface area contributed by atoms with E-state index in [1.807, 2.05) is 18.2 Å². The molecule has 1 aromatic rings. The van der Waals surface area contributed by atoms with Crippen molar-refractivity contribution in [2.24, 2.45) is 0 Å². The van der Waals surface area contributed by atoms with E-state index in [9.17, 15) is 4.79 Å². The van der Waals surface area contributed by atoms with E-state index in [-0.39, 0.29) is 5.78 Å². The van der Waals surface area contributed by atoms with E-state index in [1.54, 1.807) is 6.92 Å². The van der Waals surface area contributed by atoms with Gasteiger partial charge in [0.05, 0.1) is 0 Å². The Labute approximate surface area is 115 Å². The van der Waals surface area contributed by atoms with Crippen molar-refractivity contribution < 1.29 is 4.79 Å². The van der Waals surface area contributed by atoms with Gasteiger partial charge in [-0.1, -0.05) is 12.1 Å². The summed E-state index contributed by atoms with van der Waals surface area (Å²) in [5.74, 6) is 0.164. The smallest absolute Gasteiger partial charge is 0.161 e. The lowest BCUT2D eigenvalue weighted by Gasteiger charge is -2.44. The van der Waals surface area contributed by atoms with Crippen molar-refractivity contribution in [1.82, 2.24) is 4.90 Å². The second-order valence-corrected chi connectivity index (χ2v) is 5.87. The van der Waals surface area contributed by atoms with Gasteiger partial charge in [-0.2, -0.15) is 0 Å². The van der Waals surface area contributed by atoms with Crippen molar-refractivity contribution in [3.63, 3.8) is 0 Å². The van der Waals surface area contributed by atoms with E-state index >= 15 is 0 Å². The molecule has 2 heterocycles. The summed E-state index contributed by atoms with van der Waals surface area (Å²) in [6.07, 6.45) is 2.62. The topological polar surface area (TPSA) is 23.6 Å². The molecule has 0 saturated carbocycles. The van der Waals surface area contributed by atoms with Crippen LogP contribution >= 0.6 is 0 Å². The predicted molar refractivity (Wildman–Crippen MR) is 77.8 cm³/mol. The zero-order valence-electron chi connectivity index (χ0n) is 11.8. The fourth-order valence-electron chi connectivity index (χ4n) is 3.54. The summed E-state index contributed by atoms with van der Waals surface area (Å²) >= 11 is 0. The third kappa shape index (κ3) is 2.27. The first-order valence-electron chi connectivity index (χ1n) is 7.27. The maximum Gasteiger partial charge on any atom is 0.161 e. The molecule has 0 aromatic heterocycles. The number of carbonyl (C=O) groups is 1. The molecule has 0 bridgehead atoms. The molecule has 2 fully saturated rings. The average molecular weight is 258 g/mol. The maximum absolute atomic E-state index is 11.8. The minimum Gasteiger partial charge on any atom is -0.365 e. The summed E-state index contributed by atoms with van der Waals surface area (Å²) in [7, 11) is 0. The lowest BCUT2D eigenvalue weighted by Crippen LogP contribution is -2.55. The lowest BCUT2D eigenvalue weighted by molar-refractivity contribution is 0.101. The van der Waals surface area contributed by atoms with Crippen LogP contribution in [0.2, 0.25) is 0 Å². The first-order valence-corrected chi connectivity index (χ1v) is 7.27. The summed E-state index contributed by atoms with van der Waals surface area (Å²) in [6.45, 7) is 7.36. The number of rotatable bonds is 2. The highest BCUT2D eigenvalue weighted by molar-refractivity contribution is 5.99. The number of benzene rings is 1. The molecule has 1 aromatic carbocycles. The number of anilines is 1. The molecule has 102 valence electrons. The Morgan fingerprint density at radius 2 is 2.05 bits per heavy atom. The molecule has 0 amide bonds. The Morgan fingerprint density at radius 3 is 2.84 bits per heavy atom. The lowest BCUT2D eigenvalue weighted by atomic mass is 10.0. The van der Waals surface area contributed by atoms with Gasteiger partial charge in [-0.05, 0) is 45.4 Å². The standard InChI is InChI=1S/C16H22N2O/c1-12-10-17-9-5-6-14(17)11-18(12)16-8-4-3-7-15(16)13(2)19/h3-4,7-8,12,14H,5-6,9-11H2,1-2H3. The van der Waals surface area contributed by atoms with Crippen LogP contribution in [-0.2, 0) is 0 Å². The first-order chi connectivity index (χ1) is 9.16. The largest absolute Gasteiger partial charge is 0.365 e. The zero-order valence-corrected chi connectivity index (χ0v) is 11.8. The molecule has 2 aliphatic heterocycles. The molecule has 0 N–H and O–H groups in total. The number of piperazine rings is 1. The van der Waals surface area contributed by atoms with Crippen LogP contribution in [0.5, 0.6) is 0 Å². The van der Waals surface area contributed by atoms with Gasteiger partial charge < -0.3 is 4.90 Å². The number of para-hydroxylation sites is 1. The van der Waals surface area contributed by atoms with E-state index in [2.05, 4.69) is 22.8 Å². The van der Waals surface area contributed by atoms with Gasteiger partial charge in [0.2, 0.25) is 0 Å². The second-order valence-electron chi connectivity index (χ2n) is 5.87. The summed E-state index contributed by atoms with van der Waals surface area (Å²) in [6, 6.07) is 9.20. The van der Waals surface area contributed by atoms with Crippen LogP contribution in [0.25, 0.3) is 0 Å². The number of nitrogens with zero attached hydrogens (tertiary/aromatic N) is 2. The average Bonchev–Trinajstić information content (AvgIpc) is 2.84. The molecule has 2 saturated heterocycles. The van der Waals surface area contributed by atoms with Crippen LogP contribution in [-0.4, -0.2) is 42.4 Å². The Balaban J connectivity index is 1.91. The van der Waals surface area contributed by atoms with Crippen LogP contribution in [0.1, 0.15) is 37.0 Å². The highest BCUT2D eigenvalue weighted by Gasteiger charge is 2.35. The fraction of sp³-hybridized carbons (Fsp3) is 0.562. The van der Waals surface area contributed by atoms with Gasteiger partial charge in [0, 0.05) is 36.4 Å². The molecule has 3 nitrogen and oxygen atoms in total. The third-order valence-electron chi connectivity index (χ3n) is 4.53. The van der Waals surface area contributed by atoms with Gasteiger partial charge in [-0.15, -0.1) is 0 Å². The minimum atomic E-state index is 0.164. The van der Waals surface area contributed by atoms with Crippen molar-refractivity contribution in [2.45, 2.75) is 38.8 Å². The van der Waals surface area contributed by atoms with Crippen molar-refractivity contribution in [3.05, 3.63) is 29.8 Å². The van der Waals surface area contributed by atoms with Gasteiger partial charge in [0.1, 0.15) is 0 Å². The predicted octanol–water partition coefficient (Wildman–Crippen LogP) is 2.56. The first kappa shape index (κ1) is 12.7. The Bertz CT molecular complexity index is 485. The Kier molecular flexibility index (Phi) is 3.31. The Hall–Kier alpha value is -1.35. The SMILES string of the molecule is CC(=O)c1ccccc1N1CC2CCCN2CC1C. The van der Waals surface area contributed by atoms with E-state index in [4.69, 9.17) is 0 Å². The summed E-state index contributed by atoms with van der Waals surface area (Å²) in [5.41, 5.74) is 1.98. The van der Waals surface area contributed by atoms with Crippen molar-refractivity contribution in [2.75, 3.05) is 24.5 Å². The van der Waals surface area contributed by atoms with Crippen LogP contribution < -0.4 is 4.90 Å². The summed E-state index contributed by atoms with van der Waals surface area (Å²) in [4.78, 5) is 16.8. The van der Waals surface area contributed by atoms with Gasteiger partial charge >= 0.3 is 0 Å². The highest BCUT2D eigenvalue weighted by atomic mass is 16.1. The van der Waals surface area contributed by atoms with E-state index in [0.717, 1.165) is 24.3 Å². The number of hydrogen-bond donors (Lipinski definition) is 0. The van der Waals surface area contributed by atoms with Gasteiger partial charge in [-0.25, -0.2) is 0 Å². The number of Topliss-reactive ketones (excluding diaryl/α,β-unsaturated/α-hetero) is 1. The third-order valence-corrected chi connectivity index (χ3v) is 4.53. The van der Waals surface area contributed by atoms with E-state index in [0.29, 0.717) is 12.1 Å². The highest BCUT2D eigenvalue weighted by Crippen LogP contribution is 2.30. The van der Waals surface area contributed by atoms with Crippen LogP contribution in [0, 0.1) is 0 Å². The molecule has 3 heteroatoms. The number of ketones is 1. The molecule has 3 rings (SSSR count). The molecule has 0 radical (unpaired) electrons. The molecule has 2 unspecified atom stereocenters. The summed E-state index contributed by atoms with van der Waals surface area (Å²) in [5, 5.41) is 0. The molecule has 0 spiro atoms. The second kappa shape index (κ2) is 4.97. The van der Waals surface area contributed by atoms with E-state index < -0.39 is 0 Å². The molecule has 19 heavy (non-hydrogen) atoms. The van der Waals surface area contributed by atoms with Crippen molar-refractivity contribution in [1.29, 1.82) is 0 Å². The number of carbonyl (C=O) groups excluding carboxylic acids is 1.